The van der Waals surface area contributed by atoms with E-state index in [1.54, 1.807) is 30.9 Å². The molecule has 1 atom stereocenters. The lowest BCUT2D eigenvalue weighted by atomic mass is 9.93. The Hall–Kier alpha value is -4.20. The number of halogens is 2. The first-order valence-corrected chi connectivity index (χ1v) is 11.1. The van der Waals surface area contributed by atoms with Gasteiger partial charge in [-0.1, -0.05) is 42.5 Å². The fourth-order valence-corrected chi connectivity index (χ4v) is 4.19. The van der Waals surface area contributed by atoms with Crippen LogP contribution < -0.4 is 0 Å². The zero-order valence-corrected chi connectivity index (χ0v) is 21.5. The average molecular weight is 528 g/mol. The van der Waals surface area contributed by atoms with Gasteiger partial charge in [0.25, 0.3) is 0 Å². The van der Waals surface area contributed by atoms with Crippen LogP contribution in [0.1, 0.15) is 34.1 Å². The predicted octanol–water partition coefficient (Wildman–Crippen LogP) is 6.53. The van der Waals surface area contributed by atoms with Gasteiger partial charge in [0.1, 0.15) is 6.10 Å². The Kier molecular flexibility index (Phi) is 9.00. The summed E-state index contributed by atoms with van der Waals surface area (Å²) in [7, 11) is 1.93. The van der Waals surface area contributed by atoms with Gasteiger partial charge in [0.15, 0.2) is 0 Å². The van der Waals surface area contributed by atoms with Gasteiger partial charge < -0.3 is 9.30 Å². The number of imidazole rings is 1. The zero-order chi connectivity index (χ0) is 24.2. The van der Waals surface area contributed by atoms with Crippen LogP contribution in [0.15, 0.2) is 91.5 Å². The molecule has 0 radical (unpaired) electrons. The summed E-state index contributed by atoms with van der Waals surface area (Å²) in [5.41, 5.74) is 6.50. The highest BCUT2D eigenvalue weighted by Crippen LogP contribution is 2.34. The first-order chi connectivity index (χ1) is 17.2. The molecule has 0 N–H and O–H groups in total. The normalized spacial score (nSPS) is 11.0. The van der Waals surface area contributed by atoms with Crippen molar-refractivity contribution in [3.63, 3.8) is 0 Å². The number of pyridine rings is 1. The molecule has 2 heterocycles. The summed E-state index contributed by atoms with van der Waals surface area (Å²) in [5.74, 6) is 0. The largest absolute Gasteiger partial charge is 0.363 e. The van der Waals surface area contributed by atoms with Crippen LogP contribution in [0, 0.1) is 22.7 Å². The highest BCUT2D eigenvalue weighted by molar-refractivity contribution is 5.95. The minimum atomic E-state index is -0.410. The zero-order valence-electron chi connectivity index (χ0n) is 19.9. The van der Waals surface area contributed by atoms with Gasteiger partial charge >= 0.3 is 0 Å². The molecule has 0 amide bonds. The van der Waals surface area contributed by atoms with Gasteiger partial charge in [-0.05, 0) is 41.5 Å². The molecule has 6 nitrogen and oxygen atoms in total. The lowest BCUT2D eigenvalue weighted by Crippen LogP contribution is -2.11. The van der Waals surface area contributed by atoms with E-state index in [0.717, 1.165) is 38.9 Å². The third kappa shape index (κ3) is 5.63. The molecule has 1 unspecified atom stereocenters. The Morgan fingerprint density at radius 2 is 1.70 bits per heavy atom. The van der Waals surface area contributed by atoms with Crippen LogP contribution in [0.25, 0.3) is 22.0 Å². The summed E-state index contributed by atoms with van der Waals surface area (Å²) in [5, 5.41) is 19.9. The summed E-state index contributed by atoms with van der Waals surface area (Å²) >= 11 is 0. The highest BCUT2D eigenvalue weighted by Gasteiger charge is 2.21. The summed E-state index contributed by atoms with van der Waals surface area (Å²) < 4.78 is 8.35. The number of nitriles is 2. The van der Waals surface area contributed by atoms with Gasteiger partial charge in [0.2, 0.25) is 0 Å². The van der Waals surface area contributed by atoms with Gasteiger partial charge in [-0.3, -0.25) is 4.98 Å². The number of nitrogens with zero attached hydrogens (tertiary/aromatic N) is 5. The second-order valence-corrected chi connectivity index (χ2v) is 8.23. The van der Waals surface area contributed by atoms with Crippen LogP contribution in [0.2, 0.25) is 0 Å². The molecule has 0 aliphatic carbocycles. The molecular formula is C29H23Cl2N5O. The number of fused-ring (bicyclic) bond motifs is 1. The first-order valence-electron chi connectivity index (χ1n) is 11.1. The molecule has 8 heteroatoms. The number of benzene rings is 3. The van der Waals surface area contributed by atoms with E-state index in [-0.39, 0.29) is 24.8 Å². The molecule has 0 saturated heterocycles. The van der Waals surface area contributed by atoms with E-state index in [0.29, 0.717) is 17.7 Å². The fourth-order valence-electron chi connectivity index (χ4n) is 4.19. The van der Waals surface area contributed by atoms with Crippen LogP contribution in [0.5, 0.6) is 0 Å². The van der Waals surface area contributed by atoms with Crippen LogP contribution in [0.4, 0.5) is 0 Å². The molecule has 5 rings (SSSR count). The van der Waals surface area contributed by atoms with Crippen molar-refractivity contribution in [1.29, 1.82) is 10.5 Å². The number of hydrogen-bond donors (Lipinski definition) is 0. The van der Waals surface area contributed by atoms with Crippen LogP contribution in [0.3, 0.4) is 0 Å². The number of para-hydroxylation sites is 1. The average Bonchev–Trinajstić information content (AvgIpc) is 3.34. The predicted molar refractivity (Wildman–Crippen MR) is 147 cm³/mol. The van der Waals surface area contributed by atoms with E-state index in [1.165, 1.54) is 0 Å². The summed E-state index contributed by atoms with van der Waals surface area (Å²) in [4.78, 5) is 8.87. The third-order valence-electron chi connectivity index (χ3n) is 6.01. The molecule has 37 heavy (non-hydrogen) atoms. The number of rotatable bonds is 6. The SMILES string of the molecule is Cl.Cl.Cn1cncc1C(OCc1ccc(C#N)cc1)c1ccc(C#N)c(-c2cccc3cccnc23)c1. The van der Waals surface area contributed by atoms with Gasteiger partial charge in [-0.2, -0.15) is 10.5 Å². The smallest absolute Gasteiger partial charge is 0.124 e. The van der Waals surface area contributed by atoms with E-state index in [4.69, 9.17) is 10.00 Å². The van der Waals surface area contributed by atoms with Crippen LogP contribution >= 0.6 is 24.8 Å². The summed E-state index contributed by atoms with van der Waals surface area (Å²) in [6.07, 6.45) is 4.89. The molecule has 184 valence electrons. The standard InChI is InChI=1S/C29H21N5O.2ClH/c1-34-19-32-17-27(34)29(35-18-21-9-7-20(15-30)8-10-21)23-11-12-24(16-31)26(14-23)25-6-2-4-22-5-3-13-33-28(22)25;;/h2-14,17,19,29H,18H2,1H3;2*1H. The van der Waals surface area contributed by atoms with Crippen LogP contribution in [-0.4, -0.2) is 14.5 Å². The molecule has 3 aromatic carbocycles. The van der Waals surface area contributed by atoms with Crippen molar-refractivity contribution in [2.75, 3.05) is 0 Å². The van der Waals surface area contributed by atoms with Crippen molar-refractivity contribution >= 4 is 35.7 Å². The second kappa shape index (κ2) is 12.2. The molecule has 5 aromatic rings. The van der Waals surface area contributed by atoms with Gasteiger partial charge in [-0.15, -0.1) is 24.8 Å². The summed E-state index contributed by atoms with van der Waals surface area (Å²) in [6, 6.07) is 27.5. The maximum absolute atomic E-state index is 9.87. The Morgan fingerprint density at radius 3 is 2.41 bits per heavy atom. The Labute approximate surface area is 227 Å². The maximum atomic E-state index is 9.87. The third-order valence-corrected chi connectivity index (χ3v) is 6.01. The first kappa shape index (κ1) is 27.4. The van der Waals surface area contributed by atoms with E-state index in [9.17, 15) is 5.26 Å². The molecular weight excluding hydrogens is 505 g/mol. The molecule has 0 spiro atoms. The molecule has 2 aromatic heterocycles. The van der Waals surface area contributed by atoms with E-state index in [1.807, 2.05) is 72.3 Å². The topological polar surface area (TPSA) is 87.5 Å². The molecule has 0 bridgehead atoms. The monoisotopic (exact) mass is 527 g/mol. The second-order valence-electron chi connectivity index (χ2n) is 8.23. The number of aromatic nitrogens is 3. The fraction of sp³-hybridized carbons (Fsp3) is 0.103. The van der Waals surface area contributed by atoms with Crippen molar-refractivity contribution in [2.45, 2.75) is 12.7 Å². The molecule has 0 fully saturated rings. The van der Waals surface area contributed by atoms with Crippen LogP contribution in [-0.2, 0) is 18.4 Å². The Balaban J connectivity index is 0.00000190. The molecule has 0 aliphatic rings. The van der Waals surface area contributed by atoms with Crippen molar-refractivity contribution in [1.82, 2.24) is 14.5 Å². The van der Waals surface area contributed by atoms with E-state index >= 15 is 0 Å². The van der Waals surface area contributed by atoms with Gasteiger partial charge in [0.05, 0.1) is 53.6 Å². The van der Waals surface area contributed by atoms with Crippen molar-refractivity contribution in [3.8, 4) is 23.3 Å². The van der Waals surface area contributed by atoms with Gasteiger partial charge in [-0.25, -0.2) is 4.98 Å². The Morgan fingerprint density at radius 1 is 0.919 bits per heavy atom. The minimum absolute atomic E-state index is 0. The number of ether oxygens (including phenoxy) is 1. The number of aryl methyl sites for hydroxylation is 1. The van der Waals surface area contributed by atoms with Crippen molar-refractivity contribution in [3.05, 3.63) is 119 Å². The Bertz CT molecular complexity index is 1590. The maximum Gasteiger partial charge on any atom is 0.124 e. The van der Waals surface area contributed by atoms with Crippen molar-refractivity contribution < 1.29 is 4.74 Å². The van der Waals surface area contributed by atoms with Crippen molar-refractivity contribution in [2.24, 2.45) is 7.05 Å². The van der Waals surface area contributed by atoms with Gasteiger partial charge in [0, 0.05) is 29.8 Å². The molecule has 0 saturated carbocycles. The summed E-state index contributed by atoms with van der Waals surface area (Å²) in [6.45, 7) is 0.354. The van der Waals surface area contributed by atoms with E-state index < -0.39 is 6.10 Å². The quantitative estimate of drug-likeness (QED) is 0.250. The lowest BCUT2D eigenvalue weighted by Gasteiger charge is -2.20. The highest BCUT2D eigenvalue weighted by atomic mass is 35.5. The lowest BCUT2D eigenvalue weighted by molar-refractivity contribution is 0.0622. The molecule has 0 aliphatic heterocycles. The minimum Gasteiger partial charge on any atom is -0.363 e. The van der Waals surface area contributed by atoms with E-state index in [2.05, 4.69) is 22.1 Å². The number of hydrogen-bond acceptors (Lipinski definition) is 5.